The van der Waals surface area contributed by atoms with Crippen LogP contribution in [0.5, 0.6) is 17.2 Å². The predicted molar refractivity (Wildman–Crippen MR) is 177 cm³/mol. The first-order valence-corrected chi connectivity index (χ1v) is 18.6. The number of hydrogen-bond donors (Lipinski definition) is 0. The molecule has 3 rings (SSSR count). The first-order valence-electron chi connectivity index (χ1n) is 15.5. The van der Waals surface area contributed by atoms with Crippen LogP contribution in [0.3, 0.4) is 0 Å². The van der Waals surface area contributed by atoms with E-state index in [1.165, 1.54) is 0 Å². The van der Waals surface area contributed by atoms with Crippen LogP contribution >= 0.6 is 10.3 Å². The van der Waals surface area contributed by atoms with Crippen molar-refractivity contribution in [3.63, 3.8) is 0 Å². The Balaban J connectivity index is 2.33. The average molecular weight is 665 g/mol. The minimum absolute atomic E-state index is 0.134. The molecule has 250 valence electrons. The largest absolute Gasteiger partial charge is 0.465 e. The van der Waals surface area contributed by atoms with E-state index < -0.39 is 39.3 Å². The molecule has 9 nitrogen and oxygen atoms in total. The lowest BCUT2D eigenvalue weighted by Crippen LogP contribution is -2.19. The molecule has 0 amide bonds. The van der Waals surface area contributed by atoms with Crippen LogP contribution in [0.25, 0.3) is 0 Å². The minimum Gasteiger partial charge on any atom is -0.465 e. The van der Waals surface area contributed by atoms with E-state index in [1.807, 2.05) is 103 Å². The van der Waals surface area contributed by atoms with Crippen LogP contribution in [0, 0.1) is 0 Å². The van der Waals surface area contributed by atoms with E-state index in [2.05, 4.69) is 0 Å². The van der Waals surface area contributed by atoms with Gasteiger partial charge in [0.05, 0.1) is 5.75 Å². The molecule has 11 heteroatoms. The summed E-state index contributed by atoms with van der Waals surface area (Å²) in [6, 6.07) is 21.9. The third kappa shape index (κ3) is 10.6. The van der Waals surface area contributed by atoms with Crippen molar-refractivity contribution in [1.29, 1.82) is 0 Å². The molecule has 0 aliphatic heterocycles. The highest BCUT2D eigenvalue weighted by atomic mass is 32.3. The number of ether oxygens (including phenoxy) is 6. The molecule has 0 heterocycles. The van der Waals surface area contributed by atoms with E-state index in [-0.39, 0.29) is 5.75 Å². The molecule has 3 atom stereocenters. The normalized spacial score (nSPS) is 15.8. The van der Waals surface area contributed by atoms with Crippen LogP contribution in [0.15, 0.2) is 87.5 Å². The van der Waals surface area contributed by atoms with E-state index in [0.29, 0.717) is 64.6 Å². The van der Waals surface area contributed by atoms with Gasteiger partial charge in [0.25, 0.3) is 10.1 Å². The lowest BCUT2D eigenvalue weighted by Gasteiger charge is -2.40. The van der Waals surface area contributed by atoms with Crippen LogP contribution in [0.2, 0.25) is 0 Å². The zero-order chi connectivity index (χ0) is 32.9. The predicted octanol–water partition coefficient (Wildman–Crippen LogP) is 8.31. The van der Waals surface area contributed by atoms with E-state index in [9.17, 15) is 8.42 Å². The van der Waals surface area contributed by atoms with Gasteiger partial charge >= 0.3 is 0 Å². The fourth-order valence-electron chi connectivity index (χ4n) is 4.60. The maximum Gasteiger partial charge on any atom is 0.277 e. The van der Waals surface area contributed by atoms with E-state index >= 15 is 0 Å². The van der Waals surface area contributed by atoms with Crippen molar-refractivity contribution in [3.05, 3.63) is 72.8 Å². The van der Waals surface area contributed by atoms with Gasteiger partial charge < -0.3 is 28.4 Å². The topological polar surface area (TPSA) is 98.8 Å². The van der Waals surface area contributed by atoms with Gasteiger partial charge in [0.1, 0.15) is 17.2 Å². The molecule has 0 aliphatic rings. The van der Waals surface area contributed by atoms with Crippen LogP contribution in [0.1, 0.15) is 61.3 Å². The lowest BCUT2D eigenvalue weighted by atomic mass is 10.3. The van der Waals surface area contributed by atoms with Crippen LogP contribution in [0.4, 0.5) is 0 Å². The summed E-state index contributed by atoms with van der Waals surface area (Å²) >= 11 is 0. The van der Waals surface area contributed by atoms with Crippen LogP contribution < -0.4 is 14.2 Å². The second kappa shape index (κ2) is 17.8. The molecule has 45 heavy (non-hydrogen) atoms. The molecule has 3 aromatic rings. The number of rotatable bonds is 20. The lowest BCUT2D eigenvalue weighted by molar-refractivity contribution is -0.0617. The summed E-state index contributed by atoms with van der Waals surface area (Å²) in [4.78, 5) is 1.82. The zero-order valence-corrected chi connectivity index (χ0v) is 29.0. The van der Waals surface area contributed by atoms with E-state index in [4.69, 9.17) is 32.1 Å². The molecule has 0 spiro atoms. The third-order valence-corrected chi connectivity index (χ3v) is 11.7. The number of unbranched alkanes of at least 4 members (excludes halogenated alkanes) is 1. The summed E-state index contributed by atoms with van der Waals surface area (Å²) < 4.78 is 69.2. The number of benzene rings is 3. The zero-order valence-electron chi connectivity index (χ0n) is 27.4. The highest BCUT2D eigenvalue weighted by molar-refractivity contribution is 8.33. The molecule has 0 radical (unpaired) electrons. The highest BCUT2D eigenvalue weighted by Crippen LogP contribution is 2.71. The molecule has 0 fully saturated rings. The maximum absolute atomic E-state index is 13.8. The minimum atomic E-state index is -4.04. The summed E-state index contributed by atoms with van der Waals surface area (Å²) in [5.74, 6) is 1.39. The molecule has 0 saturated heterocycles. The van der Waals surface area contributed by atoms with Gasteiger partial charge in [-0.1, -0.05) is 31.5 Å². The Labute approximate surface area is 270 Å². The Bertz CT molecular complexity index is 1290. The molecule has 3 unspecified atom stereocenters. The first-order chi connectivity index (χ1) is 21.6. The van der Waals surface area contributed by atoms with Crippen molar-refractivity contribution in [2.24, 2.45) is 0 Å². The van der Waals surface area contributed by atoms with Gasteiger partial charge in [0.2, 0.25) is 0 Å². The summed E-state index contributed by atoms with van der Waals surface area (Å²) in [5.41, 5.74) is 0. The van der Waals surface area contributed by atoms with Gasteiger partial charge in [0.15, 0.2) is 18.9 Å². The third-order valence-electron chi connectivity index (χ3n) is 6.48. The van der Waals surface area contributed by atoms with Crippen molar-refractivity contribution >= 4 is 20.4 Å². The Kier molecular flexibility index (Phi) is 14.5. The summed E-state index contributed by atoms with van der Waals surface area (Å²) in [6.45, 7) is 14.5. The monoisotopic (exact) mass is 664 g/mol. The van der Waals surface area contributed by atoms with Crippen LogP contribution in [-0.4, -0.2) is 52.9 Å². The first kappa shape index (κ1) is 36.7. The summed E-state index contributed by atoms with van der Waals surface area (Å²) in [5, 5.41) is 0. The molecular formula is C34H48O9S2. The molecular weight excluding hydrogens is 616 g/mol. The van der Waals surface area contributed by atoms with Crippen molar-refractivity contribution in [2.75, 3.05) is 25.6 Å². The fraction of sp³-hybridized carbons (Fsp3) is 0.471. The van der Waals surface area contributed by atoms with Gasteiger partial charge in [-0.05, 0) is 113 Å². The Morgan fingerprint density at radius 2 is 0.933 bits per heavy atom. The van der Waals surface area contributed by atoms with Gasteiger partial charge in [-0.25, -0.2) is 3.63 Å². The Morgan fingerprint density at radius 3 is 1.24 bits per heavy atom. The molecule has 0 bridgehead atoms. The Hall–Kier alpha value is -2.80. The van der Waals surface area contributed by atoms with Gasteiger partial charge in [-0.15, -0.1) is 0 Å². The van der Waals surface area contributed by atoms with Crippen molar-refractivity contribution in [2.45, 2.75) is 94.9 Å². The summed E-state index contributed by atoms with van der Waals surface area (Å²) in [7, 11) is -7.02. The van der Waals surface area contributed by atoms with Gasteiger partial charge in [-0.2, -0.15) is 8.42 Å². The second-order valence-electron chi connectivity index (χ2n) is 10.1. The summed E-state index contributed by atoms with van der Waals surface area (Å²) in [6.07, 6.45) is -0.398. The van der Waals surface area contributed by atoms with E-state index in [0.717, 1.165) is 0 Å². The molecule has 0 aromatic heterocycles. The standard InChI is InChI=1S/C34H48O9S2/c1-8-12-22-44(35,36)43-45(32-19-13-16-29(23-32)40-26(5)37-9-2,33-20-14-17-30(24-33)41-27(6)38-10-3)34-21-15-18-31(25-34)42-28(7)39-11-4/h13-21,23-28H,8-12,22H2,1-7H3. The number of hydrogen-bond acceptors (Lipinski definition) is 9. The highest BCUT2D eigenvalue weighted by Gasteiger charge is 2.38. The van der Waals surface area contributed by atoms with Crippen LogP contribution in [-0.2, 0) is 28.0 Å². The van der Waals surface area contributed by atoms with E-state index in [1.54, 1.807) is 18.2 Å². The average Bonchev–Trinajstić information content (AvgIpc) is 2.99. The van der Waals surface area contributed by atoms with Crippen molar-refractivity contribution in [3.8, 4) is 17.2 Å². The maximum atomic E-state index is 13.8. The van der Waals surface area contributed by atoms with Gasteiger partial charge in [-0.3, -0.25) is 0 Å². The molecule has 3 aromatic carbocycles. The molecule has 0 aliphatic carbocycles. The second-order valence-corrected chi connectivity index (χ2v) is 14.7. The molecule has 0 saturated carbocycles. The SMILES string of the molecule is CCCCS(=O)(=O)OS(c1cccc(OC(C)OCC)c1)(c1cccc(OC(C)OCC)c1)c1cccc(OC(C)OCC)c1. The van der Waals surface area contributed by atoms with Crippen molar-refractivity contribution in [1.82, 2.24) is 0 Å². The fourth-order valence-corrected chi connectivity index (χ4v) is 10.2. The molecule has 0 N–H and O–H groups in total. The Morgan fingerprint density at radius 1 is 0.578 bits per heavy atom. The van der Waals surface area contributed by atoms with Gasteiger partial charge in [0, 0.05) is 34.5 Å². The smallest absolute Gasteiger partial charge is 0.277 e. The van der Waals surface area contributed by atoms with Crippen molar-refractivity contribution < 1.29 is 40.5 Å². The quantitative estimate of drug-likeness (QED) is 0.110.